The molecule has 0 radical (unpaired) electrons. The second-order valence-corrected chi connectivity index (χ2v) is 6.33. The minimum Gasteiger partial charge on any atom is -0.256 e. The van der Waals surface area contributed by atoms with E-state index in [2.05, 4.69) is 14.9 Å². The second-order valence-electron chi connectivity index (χ2n) is 2.98. The SMILES string of the molecule is O=S(=O)(Nc1n[nH]c(=S)s1)c1ccc(F)cc1. The van der Waals surface area contributed by atoms with Crippen LogP contribution in [0.15, 0.2) is 29.2 Å². The van der Waals surface area contributed by atoms with Gasteiger partial charge in [0, 0.05) is 0 Å². The molecular weight excluding hydrogens is 285 g/mol. The highest BCUT2D eigenvalue weighted by molar-refractivity contribution is 7.93. The summed E-state index contributed by atoms with van der Waals surface area (Å²) in [6, 6.07) is 4.48. The summed E-state index contributed by atoms with van der Waals surface area (Å²) in [5, 5.41) is 6.26. The first-order valence-corrected chi connectivity index (χ1v) is 7.02. The Morgan fingerprint density at radius 3 is 2.53 bits per heavy atom. The van der Waals surface area contributed by atoms with Gasteiger partial charge in [0.15, 0.2) is 3.95 Å². The van der Waals surface area contributed by atoms with Gasteiger partial charge in [-0.05, 0) is 36.5 Å². The van der Waals surface area contributed by atoms with Crippen molar-refractivity contribution in [1.82, 2.24) is 10.2 Å². The molecule has 5 nitrogen and oxygen atoms in total. The van der Waals surface area contributed by atoms with E-state index in [1.807, 2.05) is 0 Å². The highest BCUT2D eigenvalue weighted by Gasteiger charge is 2.15. The zero-order chi connectivity index (χ0) is 12.5. The van der Waals surface area contributed by atoms with E-state index in [-0.39, 0.29) is 10.0 Å². The molecule has 0 saturated heterocycles. The Bertz CT molecular complexity index is 675. The van der Waals surface area contributed by atoms with Crippen molar-refractivity contribution in [3.05, 3.63) is 34.0 Å². The van der Waals surface area contributed by atoms with Crippen LogP contribution in [-0.2, 0) is 10.0 Å². The van der Waals surface area contributed by atoms with Crippen LogP contribution in [0.3, 0.4) is 0 Å². The van der Waals surface area contributed by atoms with Crippen molar-refractivity contribution >= 4 is 38.7 Å². The lowest BCUT2D eigenvalue weighted by Crippen LogP contribution is -2.12. The molecule has 0 amide bonds. The molecule has 0 atom stereocenters. The first-order chi connectivity index (χ1) is 7.97. The Morgan fingerprint density at radius 1 is 1.35 bits per heavy atom. The van der Waals surface area contributed by atoms with E-state index in [1.165, 1.54) is 12.1 Å². The Morgan fingerprint density at radius 2 is 2.00 bits per heavy atom. The van der Waals surface area contributed by atoms with Crippen LogP contribution in [0.5, 0.6) is 0 Å². The number of nitrogens with one attached hydrogen (secondary N) is 2. The lowest BCUT2D eigenvalue weighted by atomic mass is 10.4. The third kappa shape index (κ3) is 2.87. The quantitative estimate of drug-likeness (QED) is 0.850. The van der Waals surface area contributed by atoms with Gasteiger partial charge in [0.2, 0.25) is 5.13 Å². The molecule has 0 aliphatic rings. The van der Waals surface area contributed by atoms with Gasteiger partial charge in [0.1, 0.15) is 5.82 Å². The molecule has 17 heavy (non-hydrogen) atoms. The summed E-state index contributed by atoms with van der Waals surface area (Å²) in [6.07, 6.45) is 0. The van der Waals surface area contributed by atoms with Crippen molar-refractivity contribution < 1.29 is 12.8 Å². The maximum Gasteiger partial charge on any atom is 0.263 e. The number of aromatic amines is 1. The largest absolute Gasteiger partial charge is 0.263 e. The fraction of sp³-hybridized carbons (Fsp3) is 0. The zero-order valence-corrected chi connectivity index (χ0v) is 10.6. The fourth-order valence-corrected chi connectivity index (χ4v) is 3.09. The first kappa shape index (κ1) is 12.1. The van der Waals surface area contributed by atoms with Crippen LogP contribution in [0.25, 0.3) is 0 Å². The minimum atomic E-state index is -3.75. The van der Waals surface area contributed by atoms with E-state index >= 15 is 0 Å². The number of anilines is 1. The third-order valence-electron chi connectivity index (χ3n) is 1.78. The number of H-pyrrole nitrogens is 1. The third-order valence-corrected chi connectivity index (χ3v) is 4.27. The zero-order valence-electron chi connectivity index (χ0n) is 8.18. The van der Waals surface area contributed by atoms with Crippen LogP contribution in [-0.4, -0.2) is 18.6 Å². The number of nitrogens with zero attached hydrogens (tertiary/aromatic N) is 1. The van der Waals surface area contributed by atoms with Gasteiger partial charge in [-0.25, -0.2) is 12.8 Å². The molecule has 2 rings (SSSR count). The highest BCUT2D eigenvalue weighted by atomic mass is 32.2. The van der Waals surface area contributed by atoms with Crippen molar-refractivity contribution in [2.45, 2.75) is 4.90 Å². The number of halogens is 1. The van der Waals surface area contributed by atoms with Gasteiger partial charge >= 0.3 is 0 Å². The maximum absolute atomic E-state index is 12.7. The Hall–Kier alpha value is -1.32. The summed E-state index contributed by atoms with van der Waals surface area (Å²) in [5.74, 6) is -0.501. The van der Waals surface area contributed by atoms with Gasteiger partial charge in [0.05, 0.1) is 4.90 Å². The van der Waals surface area contributed by atoms with E-state index in [1.54, 1.807) is 0 Å². The number of hydrogen-bond acceptors (Lipinski definition) is 5. The van der Waals surface area contributed by atoms with E-state index < -0.39 is 15.8 Å². The molecule has 2 N–H and O–H groups in total. The van der Waals surface area contributed by atoms with E-state index in [4.69, 9.17) is 12.2 Å². The topological polar surface area (TPSA) is 74.8 Å². The lowest BCUT2D eigenvalue weighted by Gasteiger charge is -2.03. The molecule has 1 aromatic carbocycles. The normalized spacial score (nSPS) is 11.4. The molecular formula is C8H6FN3O2S3. The molecule has 90 valence electrons. The van der Waals surface area contributed by atoms with Crippen LogP contribution in [0, 0.1) is 9.77 Å². The van der Waals surface area contributed by atoms with E-state index in [0.29, 0.717) is 3.95 Å². The summed E-state index contributed by atoms with van der Waals surface area (Å²) in [6.45, 7) is 0. The Balaban J connectivity index is 2.31. The van der Waals surface area contributed by atoms with Crippen LogP contribution in [0.4, 0.5) is 9.52 Å². The lowest BCUT2D eigenvalue weighted by molar-refractivity contribution is 0.599. The maximum atomic E-state index is 12.7. The van der Waals surface area contributed by atoms with Crippen molar-refractivity contribution in [3.63, 3.8) is 0 Å². The molecule has 0 unspecified atom stereocenters. The minimum absolute atomic E-state index is 0.0416. The van der Waals surface area contributed by atoms with Gasteiger partial charge in [-0.3, -0.25) is 9.82 Å². The average Bonchev–Trinajstić information content (AvgIpc) is 2.63. The van der Waals surface area contributed by atoms with E-state index in [0.717, 1.165) is 23.5 Å². The monoisotopic (exact) mass is 291 g/mol. The smallest absolute Gasteiger partial charge is 0.256 e. The van der Waals surface area contributed by atoms with E-state index in [9.17, 15) is 12.8 Å². The average molecular weight is 291 g/mol. The van der Waals surface area contributed by atoms with Crippen molar-refractivity contribution in [2.24, 2.45) is 0 Å². The van der Waals surface area contributed by atoms with Crippen molar-refractivity contribution in [2.75, 3.05) is 4.72 Å². The number of rotatable bonds is 3. The summed E-state index contributed by atoms with van der Waals surface area (Å²) in [5.41, 5.74) is 0. The molecule has 0 aliphatic carbocycles. The molecule has 0 bridgehead atoms. The second kappa shape index (κ2) is 4.51. The number of benzene rings is 1. The molecule has 0 saturated carbocycles. The predicted molar refractivity (Wildman–Crippen MR) is 64.5 cm³/mol. The number of aromatic nitrogens is 2. The molecule has 1 heterocycles. The summed E-state index contributed by atoms with van der Waals surface area (Å²) >= 11 is 5.77. The molecule has 0 aliphatic heterocycles. The van der Waals surface area contributed by atoms with Gasteiger partial charge in [-0.15, -0.1) is 5.10 Å². The van der Waals surface area contributed by atoms with Gasteiger partial charge in [0.25, 0.3) is 10.0 Å². The van der Waals surface area contributed by atoms with Crippen LogP contribution < -0.4 is 4.72 Å². The fourth-order valence-electron chi connectivity index (χ4n) is 1.06. The molecule has 9 heteroatoms. The van der Waals surface area contributed by atoms with Gasteiger partial charge in [-0.2, -0.15) is 0 Å². The predicted octanol–water partition coefficient (Wildman–Crippen LogP) is 2.14. The standard InChI is InChI=1S/C8H6FN3O2S3/c9-5-1-3-6(4-2-5)17(13,14)12-7-10-11-8(15)16-7/h1-4H,(H,10,12)(H,11,15). The Labute approximate surface area is 105 Å². The first-order valence-electron chi connectivity index (χ1n) is 4.31. The number of sulfonamides is 1. The summed E-state index contributed by atoms with van der Waals surface area (Å²) in [7, 11) is -3.75. The van der Waals surface area contributed by atoms with Crippen LogP contribution >= 0.6 is 23.6 Å². The molecule has 0 spiro atoms. The molecule has 1 aromatic heterocycles. The van der Waals surface area contributed by atoms with Crippen molar-refractivity contribution in [1.29, 1.82) is 0 Å². The summed E-state index contributed by atoms with van der Waals surface area (Å²) < 4.78 is 38.9. The van der Waals surface area contributed by atoms with Crippen molar-refractivity contribution in [3.8, 4) is 0 Å². The number of hydrogen-bond donors (Lipinski definition) is 2. The molecule has 2 aromatic rings. The van der Waals surface area contributed by atoms with Crippen LogP contribution in [0.1, 0.15) is 0 Å². The highest BCUT2D eigenvalue weighted by Crippen LogP contribution is 2.17. The summed E-state index contributed by atoms with van der Waals surface area (Å²) in [4.78, 5) is -0.0416. The Kier molecular flexibility index (Phi) is 3.22. The molecule has 0 fully saturated rings. The van der Waals surface area contributed by atoms with Gasteiger partial charge < -0.3 is 0 Å². The van der Waals surface area contributed by atoms with Crippen LogP contribution in [0.2, 0.25) is 0 Å². The van der Waals surface area contributed by atoms with Gasteiger partial charge in [-0.1, -0.05) is 11.3 Å².